The molecule has 0 spiro atoms. The zero-order valence-corrected chi connectivity index (χ0v) is 13.8. The van der Waals surface area contributed by atoms with E-state index < -0.39 is 0 Å². The average molecular weight is 335 g/mol. The van der Waals surface area contributed by atoms with E-state index in [-0.39, 0.29) is 11.8 Å². The lowest BCUT2D eigenvalue weighted by molar-refractivity contribution is 0.0569. The molecule has 2 heterocycles. The molecule has 1 amide bonds. The monoisotopic (exact) mass is 335 g/mol. The summed E-state index contributed by atoms with van der Waals surface area (Å²) in [5.41, 5.74) is 1.48. The van der Waals surface area contributed by atoms with Crippen LogP contribution in [-0.4, -0.2) is 41.1 Å². The maximum absolute atomic E-state index is 12.4. The second-order valence-electron chi connectivity index (χ2n) is 5.93. The lowest BCUT2D eigenvalue weighted by Crippen LogP contribution is -2.48. The van der Waals surface area contributed by atoms with Gasteiger partial charge in [-0.3, -0.25) is 4.79 Å². The first-order valence-electron chi connectivity index (χ1n) is 8.07. The third-order valence-electron chi connectivity index (χ3n) is 4.33. The molecule has 1 saturated heterocycles. The molecule has 0 N–H and O–H groups in total. The van der Waals surface area contributed by atoms with Gasteiger partial charge in [-0.2, -0.15) is 4.98 Å². The van der Waals surface area contributed by atoms with Gasteiger partial charge in [0.1, 0.15) is 5.75 Å². The number of nitrogens with zero attached hydrogens (tertiary/aromatic N) is 3. The molecule has 1 aromatic heterocycles. The van der Waals surface area contributed by atoms with Gasteiger partial charge >= 0.3 is 0 Å². The van der Waals surface area contributed by atoms with Crippen LogP contribution in [0, 0.1) is 0 Å². The second kappa shape index (κ2) is 6.39. The molecule has 1 aliphatic rings. The third kappa shape index (κ3) is 2.87. The highest BCUT2D eigenvalue weighted by atomic mass is 16.5. The van der Waals surface area contributed by atoms with E-state index >= 15 is 0 Å². The van der Waals surface area contributed by atoms with Crippen molar-refractivity contribution in [1.29, 1.82) is 0 Å². The van der Waals surface area contributed by atoms with Crippen LogP contribution in [0.25, 0.3) is 11.4 Å². The van der Waals surface area contributed by atoms with Crippen molar-refractivity contribution in [3.63, 3.8) is 0 Å². The maximum atomic E-state index is 12.4. The lowest BCUT2D eigenvalue weighted by Gasteiger charge is -2.37. The number of benzene rings is 2. The minimum absolute atomic E-state index is 0.0290. The molecule has 3 aromatic rings. The van der Waals surface area contributed by atoms with E-state index in [4.69, 9.17) is 9.26 Å². The lowest BCUT2D eigenvalue weighted by atomic mass is 9.98. The summed E-state index contributed by atoms with van der Waals surface area (Å²) in [6, 6.07) is 16.8. The van der Waals surface area contributed by atoms with E-state index in [0.29, 0.717) is 36.1 Å². The van der Waals surface area contributed by atoms with Crippen LogP contribution in [0.2, 0.25) is 0 Å². The first kappa shape index (κ1) is 15.4. The number of ether oxygens (including phenoxy) is 1. The summed E-state index contributed by atoms with van der Waals surface area (Å²) in [6.45, 7) is 1.17. The van der Waals surface area contributed by atoms with E-state index in [0.717, 1.165) is 5.56 Å². The van der Waals surface area contributed by atoms with Gasteiger partial charge in [-0.1, -0.05) is 35.5 Å². The van der Waals surface area contributed by atoms with Crippen molar-refractivity contribution >= 4 is 5.91 Å². The molecule has 0 radical (unpaired) electrons. The SMILES string of the molecule is COc1ccccc1-c1noc(C2CN(C(=O)c3ccccc3)C2)n1. The molecule has 1 fully saturated rings. The van der Waals surface area contributed by atoms with Gasteiger partial charge in [0.25, 0.3) is 5.91 Å². The maximum Gasteiger partial charge on any atom is 0.253 e. The molecule has 2 aromatic carbocycles. The Kier molecular flexibility index (Phi) is 3.93. The largest absolute Gasteiger partial charge is 0.496 e. The van der Waals surface area contributed by atoms with Gasteiger partial charge in [0, 0.05) is 18.7 Å². The summed E-state index contributed by atoms with van der Waals surface area (Å²) in [5, 5.41) is 4.06. The summed E-state index contributed by atoms with van der Waals surface area (Å²) in [5.74, 6) is 1.85. The van der Waals surface area contributed by atoms with Crippen LogP contribution in [0.1, 0.15) is 22.2 Å². The Morgan fingerprint density at radius 3 is 2.60 bits per heavy atom. The normalized spacial score (nSPS) is 14.2. The van der Waals surface area contributed by atoms with Crippen LogP contribution < -0.4 is 4.74 Å². The molecule has 126 valence electrons. The quantitative estimate of drug-likeness (QED) is 0.733. The first-order chi connectivity index (χ1) is 12.3. The molecule has 6 heteroatoms. The molecule has 0 unspecified atom stereocenters. The van der Waals surface area contributed by atoms with Gasteiger partial charge in [0.05, 0.1) is 18.6 Å². The van der Waals surface area contributed by atoms with E-state index in [1.165, 1.54) is 0 Å². The molecule has 0 saturated carbocycles. The number of para-hydroxylation sites is 1. The van der Waals surface area contributed by atoms with Crippen molar-refractivity contribution in [2.75, 3.05) is 20.2 Å². The molecule has 4 rings (SSSR count). The molecule has 1 aliphatic heterocycles. The first-order valence-corrected chi connectivity index (χ1v) is 8.07. The second-order valence-corrected chi connectivity index (χ2v) is 5.93. The van der Waals surface area contributed by atoms with E-state index in [1.54, 1.807) is 12.0 Å². The van der Waals surface area contributed by atoms with Gasteiger partial charge in [0.15, 0.2) is 0 Å². The molecular weight excluding hydrogens is 318 g/mol. The number of hydrogen-bond acceptors (Lipinski definition) is 5. The van der Waals surface area contributed by atoms with Crippen molar-refractivity contribution in [3.05, 3.63) is 66.1 Å². The Morgan fingerprint density at radius 2 is 1.84 bits per heavy atom. The van der Waals surface area contributed by atoms with Gasteiger partial charge in [-0.25, -0.2) is 0 Å². The number of aromatic nitrogens is 2. The van der Waals surface area contributed by atoms with Gasteiger partial charge in [0.2, 0.25) is 11.7 Å². The Labute approximate surface area is 145 Å². The zero-order valence-electron chi connectivity index (χ0n) is 13.8. The highest BCUT2D eigenvalue weighted by Crippen LogP contribution is 2.31. The van der Waals surface area contributed by atoms with Crippen LogP contribution >= 0.6 is 0 Å². The summed E-state index contributed by atoms with van der Waals surface area (Å²) in [7, 11) is 1.61. The molecule has 25 heavy (non-hydrogen) atoms. The van der Waals surface area contributed by atoms with Crippen molar-refractivity contribution < 1.29 is 14.1 Å². The smallest absolute Gasteiger partial charge is 0.253 e. The number of amides is 1. The summed E-state index contributed by atoms with van der Waals surface area (Å²) >= 11 is 0. The van der Waals surface area contributed by atoms with Crippen molar-refractivity contribution in [2.24, 2.45) is 0 Å². The van der Waals surface area contributed by atoms with Crippen LogP contribution in [-0.2, 0) is 0 Å². The van der Waals surface area contributed by atoms with Crippen LogP contribution in [0.15, 0.2) is 59.1 Å². The average Bonchev–Trinajstić information content (AvgIpc) is 3.10. The highest BCUT2D eigenvalue weighted by molar-refractivity contribution is 5.94. The standard InChI is InChI=1S/C19H17N3O3/c1-24-16-10-6-5-9-15(16)17-20-18(25-21-17)14-11-22(12-14)19(23)13-7-3-2-4-8-13/h2-10,14H,11-12H2,1H3. The van der Waals surface area contributed by atoms with Crippen molar-refractivity contribution in [3.8, 4) is 17.1 Å². The fourth-order valence-electron chi connectivity index (χ4n) is 2.90. The number of carbonyl (C=O) groups excluding carboxylic acids is 1. The Hall–Kier alpha value is -3.15. The number of methoxy groups -OCH3 is 1. The van der Waals surface area contributed by atoms with Crippen LogP contribution in [0.3, 0.4) is 0 Å². The number of hydrogen-bond donors (Lipinski definition) is 0. The summed E-state index contributed by atoms with van der Waals surface area (Å²) < 4.78 is 10.7. The fourth-order valence-corrected chi connectivity index (χ4v) is 2.90. The summed E-state index contributed by atoms with van der Waals surface area (Å²) in [4.78, 5) is 18.6. The Morgan fingerprint density at radius 1 is 1.12 bits per heavy atom. The Bertz CT molecular complexity index is 886. The van der Waals surface area contributed by atoms with Crippen LogP contribution in [0.4, 0.5) is 0 Å². The molecule has 0 atom stereocenters. The number of carbonyl (C=O) groups is 1. The minimum Gasteiger partial charge on any atom is -0.496 e. The zero-order chi connectivity index (χ0) is 17.2. The van der Waals surface area contributed by atoms with Gasteiger partial charge < -0.3 is 14.2 Å². The number of rotatable bonds is 4. The number of likely N-dealkylation sites (tertiary alicyclic amines) is 1. The third-order valence-corrected chi connectivity index (χ3v) is 4.33. The van der Waals surface area contributed by atoms with E-state index in [9.17, 15) is 4.79 Å². The van der Waals surface area contributed by atoms with Crippen molar-refractivity contribution in [1.82, 2.24) is 15.0 Å². The minimum atomic E-state index is 0.0290. The Balaban J connectivity index is 1.45. The van der Waals surface area contributed by atoms with Gasteiger partial charge in [-0.15, -0.1) is 0 Å². The van der Waals surface area contributed by atoms with E-state index in [1.807, 2.05) is 54.6 Å². The van der Waals surface area contributed by atoms with Gasteiger partial charge in [-0.05, 0) is 24.3 Å². The predicted molar refractivity (Wildman–Crippen MR) is 91.4 cm³/mol. The predicted octanol–water partition coefficient (Wildman–Crippen LogP) is 2.98. The molecule has 0 bridgehead atoms. The fraction of sp³-hybridized carbons (Fsp3) is 0.211. The molecular formula is C19H17N3O3. The van der Waals surface area contributed by atoms with Crippen LogP contribution in [0.5, 0.6) is 5.75 Å². The van der Waals surface area contributed by atoms with E-state index in [2.05, 4.69) is 10.1 Å². The molecule has 0 aliphatic carbocycles. The topological polar surface area (TPSA) is 68.5 Å². The highest BCUT2D eigenvalue weighted by Gasteiger charge is 2.36. The van der Waals surface area contributed by atoms with Crippen molar-refractivity contribution in [2.45, 2.75) is 5.92 Å². The summed E-state index contributed by atoms with van der Waals surface area (Å²) in [6.07, 6.45) is 0. The molecule has 6 nitrogen and oxygen atoms in total.